The molecule has 0 unspecified atom stereocenters. The molecule has 0 fully saturated rings. The van der Waals surface area contributed by atoms with Gasteiger partial charge in [-0.15, -0.1) is 0 Å². The third-order valence-electron chi connectivity index (χ3n) is 6.26. The van der Waals surface area contributed by atoms with Crippen molar-refractivity contribution in [3.05, 3.63) is 101 Å². The number of anilines is 1. The van der Waals surface area contributed by atoms with Crippen molar-refractivity contribution in [2.75, 3.05) is 24.5 Å². The number of halogens is 1. The lowest BCUT2D eigenvalue weighted by Crippen LogP contribution is -2.39. The number of hydrogen-bond acceptors (Lipinski definition) is 4. The van der Waals surface area contributed by atoms with Crippen LogP contribution in [-0.4, -0.2) is 39.9 Å². The van der Waals surface area contributed by atoms with E-state index in [-0.39, 0.29) is 42.8 Å². The zero-order chi connectivity index (χ0) is 28.5. The average molecular weight is 625 g/mol. The second-order valence-electron chi connectivity index (χ2n) is 9.28. The van der Waals surface area contributed by atoms with Gasteiger partial charge >= 0.3 is 0 Å². The Labute approximate surface area is 243 Å². The molecule has 1 heterocycles. The topological polar surface area (TPSA) is 99.5 Å². The molecule has 0 spiro atoms. The maximum absolute atomic E-state index is 13.5. The SMILES string of the molecule is CCC[n+]1cc(Br)cc(C(=O)N(CCC(=O)NCCNS(=O)(=O)c2ccc3ccccc3c2)c2ccccc2)c1. The van der Waals surface area contributed by atoms with Crippen LogP contribution in [0, 0.1) is 0 Å². The molecule has 208 valence electrons. The molecule has 0 aliphatic heterocycles. The lowest BCUT2D eigenvalue weighted by molar-refractivity contribution is -0.697. The Balaban J connectivity index is 1.34. The lowest BCUT2D eigenvalue weighted by atomic mass is 10.1. The number of nitrogens with zero attached hydrogens (tertiary/aromatic N) is 2. The van der Waals surface area contributed by atoms with Gasteiger partial charge in [0.1, 0.15) is 12.1 Å². The number of aromatic nitrogens is 1. The van der Waals surface area contributed by atoms with Crippen LogP contribution in [0.25, 0.3) is 10.8 Å². The molecule has 0 atom stereocenters. The lowest BCUT2D eigenvalue weighted by Gasteiger charge is -2.22. The highest BCUT2D eigenvalue weighted by Crippen LogP contribution is 2.20. The largest absolute Gasteiger partial charge is 0.355 e. The van der Waals surface area contributed by atoms with Crippen LogP contribution in [0.5, 0.6) is 0 Å². The van der Waals surface area contributed by atoms with Crippen molar-refractivity contribution < 1.29 is 22.6 Å². The van der Waals surface area contributed by atoms with Gasteiger partial charge in [-0.1, -0.05) is 55.5 Å². The van der Waals surface area contributed by atoms with Gasteiger partial charge in [0, 0.05) is 38.2 Å². The predicted octanol–water partition coefficient (Wildman–Crippen LogP) is 4.43. The number of benzene rings is 3. The number of hydrogen-bond donors (Lipinski definition) is 2. The van der Waals surface area contributed by atoms with E-state index in [2.05, 4.69) is 32.9 Å². The maximum atomic E-state index is 13.5. The molecule has 0 aliphatic carbocycles. The van der Waals surface area contributed by atoms with E-state index in [1.54, 1.807) is 29.2 Å². The highest BCUT2D eigenvalue weighted by Gasteiger charge is 2.22. The Kier molecular flexibility index (Phi) is 10.0. The Bertz CT molecular complexity index is 1600. The van der Waals surface area contributed by atoms with Gasteiger partial charge < -0.3 is 10.2 Å². The summed E-state index contributed by atoms with van der Waals surface area (Å²) in [6.45, 7) is 3.17. The van der Waals surface area contributed by atoms with Crippen molar-refractivity contribution in [2.45, 2.75) is 31.2 Å². The first kappa shape index (κ1) is 29.4. The van der Waals surface area contributed by atoms with Crippen molar-refractivity contribution in [1.29, 1.82) is 0 Å². The molecule has 10 heteroatoms. The van der Waals surface area contributed by atoms with Crippen molar-refractivity contribution in [3.8, 4) is 0 Å². The second-order valence-corrected chi connectivity index (χ2v) is 12.0. The van der Waals surface area contributed by atoms with Gasteiger partial charge in [0.05, 0.1) is 9.37 Å². The van der Waals surface area contributed by atoms with Crippen LogP contribution >= 0.6 is 15.9 Å². The van der Waals surface area contributed by atoms with Gasteiger partial charge in [-0.25, -0.2) is 17.7 Å². The molecule has 2 amide bonds. The van der Waals surface area contributed by atoms with Crippen molar-refractivity contribution in [3.63, 3.8) is 0 Å². The minimum absolute atomic E-state index is 0.0394. The first-order valence-corrected chi connectivity index (χ1v) is 15.4. The van der Waals surface area contributed by atoms with Crippen molar-refractivity contribution in [1.82, 2.24) is 10.0 Å². The molecule has 0 aliphatic rings. The molecule has 40 heavy (non-hydrogen) atoms. The fraction of sp³-hybridized carbons (Fsp3) is 0.233. The summed E-state index contributed by atoms with van der Waals surface area (Å²) in [7, 11) is -3.72. The molecule has 4 rings (SSSR count). The zero-order valence-corrected chi connectivity index (χ0v) is 24.6. The third-order valence-corrected chi connectivity index (χ3v) is 8.15. The standard InChI is InChI=1S/C30H31BrN4O4S/c1-2-17-34-21-25(19-26(31)22-34)30(37)35(27-10-4-3-5-11-27)18-14-29(36)32-15-16-33-40(38,39)28-13-12-23-8-6-7-9-24(23)20-28/h3-13,19-22,33H,2,14-18H2,1H3/p+1. The number of para-hydroxylation sites is 1. The summed E-state index contributed by atoms with van der Waals surface area (Å²) in [4.78, 5) is 27.9. The third kappa shape index (κ3) is 7.74. The van der Waals surface area contributed by atoms with Crippen molar-refractivity contribution >= 4 is 54.2 Å². The molecule has 3 aromatic carbocycles. The van der Waals surface area contributed by atoms with Crippen LogP contribution < -0.4 is 19.5 Å². The first-order valence-electron chi connectivity index (χ1n) is 13.1. The summed E-state index contributed by atoms with van der Waals surface area (Å²) >= 11 is 3.49. The fourth-order valence-electron chi connectivity index (χ4n) is 4.32. The Morgan fingerprint density at radius 2 is 1.62 bits per heavy atom. The molecule has 0 saturated carbocycles. The van der Waals surface area contributed by atoms with Gasteiger partial charge in [-0.05, 0) is 57.0 Å². The number of sulfonamides is 1. The summed E-state index contributed by atoms with van der Waals surface area (Å²) in [6, 6.07) is 23.5. The van der Waals surface area contributed by atoms with Gasteiger partial charge in [0.2, 0.25) is 15.9 Å². The van der Waals surface area contributed by atoms with E-state index in [4.69, 9.17) is 0 Å². The summed E-state index contributed by atoms with van der Waals surface area (Å²) in [5.74, 6) is -0.498. The molecular weight excluding hydrogens is 592 g/mol. The van der Waals surface area contributed by atoms with E-state index in [1.807, 2.05) is 71.6 Å². The average Bonchev–Trinajstić information content (AvgIpc) is 2.95. The van der Waals surface area contributed by atoms with E-state index in [9.17, 15) is 18.0 Å². The summed E-state index contributed by atoms with van der Waals surface area (Å²) in [6.07, 6.45) is 4.72. The highest BCUT2D eigenvalue weighted by atomic mass is 79.9. The first-order chi connectivity index (χ1) is 19.3. The molecular formula is C30H32BrN4O4S+. The number of amides is 2. The van der Waals surface area contributed by atoms with E-state index in [1.165, 1.54) is 0 Å². The number of fused-ring (bicyclic) bond motifs is 1. The summed E-state index contributed by atoms with van der Waals surface area (Å²) in [5.41, 5.74) is 1.20. The molecule has 1 aromatic heterocycles. The number of pyridine rings is 1. The molecule has 0 bridgehead atoms. The smallest absolute Gasteiger partial charge is 0.264 e. The van der Waals surface area contributed by atoms with E-state index >= 15 is 0 Å². The Morgan fingerprint density at radius 3 is 2.38 bits per heavy atom. The molecule has 0 saturated heterocycles. The molecule has 8 nitrogen and oxygen atoms in total. The second kappa shape index (κ2) is 13.6. The van der Waals surface area contributed by atoms with Gasteiger partial charge in [-0.3, -0.25) is 9.59 Å². The van der Waals surface area contributed by atoms with E-state index in [0.29, 0.717) is 11.3 Å². The Hall–Kier alpha value is -3.60. The quantitative estimate of drug-likeness (QED) is 0.180. The minimum Gasteiger partial charge on any atom is -0.355 e. The van der Waals surface area contributed by atoms with Crippen LogP contribution in [0.3, 0.4) is 0 Å². The number of aryl methyl sites for hydroxylation is 1. The van der Waals surface area contributed by atoms with Crippen LogP contribution in [0.1, 0.15) is 30.1 Å². The Morgan fingerprint density at radius 1 is 0.900 bits per heavy atom. The minimum atomic E-state index is -3.72. The van der Waals surface area contributed by atoms with E-state index in [0.717, 1.165) is 28.2 Å². The van der Waals surface area contributed by atoms with Gasteiger partial charge in [-0.2, -0.15) is 0 Å². The van der Waals surface area contributed by atoms with Crippen molar-refractivity contribution in [2.24, 2.45) is 0 Å². The predicted molar refractivity (Wildman–Crippen MR) is 160 cm³/mol. The zero-order valence-electron chi connectivity index (χ0n) is 22.2. The molecule has 2 N–H and O–H groups in total. The highest BCUT2D eigenvalue weighted by molar-refractivity contribution is 9.10. The number of rotatable bonds is 12. The van der Waals surface area contributed by atoms with E-state index < -0.39 is 10.0 Å². The number of carbonyl (C=O) groups is 2. The normalized spacial score (nSPS) is 11.3. The van der Waals surface area contributed by atoms with Crippen LogP contribution in [-0.2, 0) is 21.4 Å². The summed E-state index contributed by atoms with van der Waals surface area (Å²) in [5, 5.41) is 4.53. The summed E-state index contributed by atoms with van der Waals surface area (Å²) < 4.78 is 30.7. The van der Waals surface area contributed by atoms with Crippen LogP contribution in [0.2, 0.25) is 0 Å². The maximum Gasteiger partial charge on any atom is 0.264 e. The molecule has 0 radical (unpaired) electrons. The fourth-order valence-corrected chi connectivity index (χ4v) is 5.90. The van der Waals surface area contributed by atoms with Gasteiger partial charge in [0.15, 0.2) is 12.4 Å². The number of nitrogens with one attached hydrogen (secondary N) is 2. The monoisotopic (exact) mass is 623 g/mol. The van der Waals surface area contributed by atoms with Gasteiger partial charge in [0.25, 0.3) is 5.91 Å². The molecule has 4 aromatic rings. The number of carbonyl (C=O) groups excluding carboxylic acids is 2. The van der Waals surface area contributed by atoms with Crippen LogP contribution in [0.4, 0.5) is 5.69 Å². The van der Waals surface area contributed by atoms with Crippen LogP contribution in [0.15, 0.2) is 101 Å².